The number of imidazole rings is 1. The minimum Gasteiger partial charge on any atom is -0.497 e. The molecule has 2 fully saturated rings. The summed E-state index contributed by atoms with van der Waals surface area (Å²) in [5.74, 6) is 0.904. The molecule has 6 atom stereocenters. The van der Waals surface area contributed by atoms with Gasteiger partial charge >= 0.3 is 20.0 Å². The Morgan fingerprint density at radius 1 is 0.758 bits per heavy atom. The third-order valence-corrected chi connectivity index (χ3v) is 17.9. The van der Waals surface area contributed by atoms with Crippen LogP contribution in [-0.2, 0) is 44.7 Å². The Kier molecular flexibility index (Phi) is 18.5. The fourth-order valence-corrected chi connectivity index (χ4v) is 13.2. The van der Waals surface area contributed by atoms with Gasteiger partial charge in [0.05, 0.1) is 45.7 Å². The first-order chi connectivity index (χ1) is 44.3. The smallest absolute Gasteiger partial charge is 0.497 e. The number of carbonyl (C=O) groups excluding carboxylic acids is 2. The van der Waals surface area contributed by atoms with E-state index >= 15 is 0 Å². The summed E-state index contributed by atoms with van der Waals surface area (Å²) in [6.45, 7) is 1.25. The van der Waals surface area contributed by atoms with Gasteiger partial charge in [0.25, 0.3) is 11.5 Å². The molecule has 2 aliphatic heterocycles. The van der Waals surface area contributed by atoms with Crippen molar-refractivity contribution in [2.75, 3.05) is 46.0 Å². The predicted octanol–water partition coefficient (Wildman–Crippen LogP) is 9.97. The van der Waals surface area contributed by atoms with Gasteiger partial charge in [-0.2, -0.15) is 19.2 Å². The van der Waals surface area contributed by atoms with Gasteiger partial charge in [-0.25, -0.2) is 24.5 Å². The van der Waals surface area contributed by atoms with E-state index in [9.17, 15) is 29.3 Å². The standard InChI is InChI=1S/C67H64N9O14P/c1-42-36-75(65(79)74-63(42)77)59-34-56(57(89-59)39-85-67(45-12-5-4-6-13-45,46-22-26-48(82-2)27-23-46)47-24-28-49(83-3)29-25-47)90-91(81,86-33-11-32-68)87-37-50-30-31-58(88-50)76-41-72-60-61(70-40-71-62(60)76)73-64(78)44-20-18-43(19-21-44)35-69-66(80)84-38-55-53-16-9-7-14-51(53)52-15-8-10-17-54(52)55/h4-10,12-29,36,40-41,50,55-59,81H,11,30-31,33-35,37-39H2,1-3H3,(H2-,69,70,71,73,74,77,78,79,80)/p+1/t50-,56?,57+,58+,59+,91?/m0/s1. The van der Waals surface area contributed by atoms with Gasteiger partial charge in [-0.05, 0) is 101 Å². The van der Waals surface area contributed by atoms with E-state index in [1.54, 1.807) is 56.3 Å². The summed E-state index contributed by atoms with van der Waals surface area (Å²) < 4.78 is 58.9. The Bertz CT molecular complexity index is 4130. The zero-order chi connectivity index (χ0) is 63.1. The van der Waals surface area contributed by atoms with Crippen molar-refractivity contribution < 1.29 is 56.5 Å². The van der Waals surface area contributed by atoms with Crippen LogP contribution in [0.1, 0.15) is 93.4 Å². The van der Waals surface area contributed by atoms with Gasteiger partial charge in [-0.15, -0.1) is 4.52 Å². The average Bonchev–Trinajstić information content (AvgIpc) is 1.42. The van der Waals surface area contributed by atoms with Crippen LogP contribution in [0.4, 0.5) is 10.6 Å². The van der Waals surface area contributed by atoms with Gasteiger partial charge in [0.2, 0.25) is 0 Å². The summed E-state index contributed by atoms with van der Waals surface area (Å²) in [5.41, 5.74) is 6.20. The van der Waals surface area contributed by atoms with Gasteiger partial charge in [0.15, 0.2) is 17.0 Å². The summed E-state index contributed by atoms with van der Waals surface area (Å²) >= 11 is 0. The first-order valence-corrected chi connectivity index (χ1v) is 31.1. The lowest BCUT2D eigenvalue weighted by Gasteiger charge is -2.37. The monoisotopic (exact) mass is 1250 g/mol. The van der Waals surface area contributed by atoms with Crippen molar-refractivity contribution in [3.63, 3.8) is 0 Å². The van der Waals surface area contributed by atoms with Crippen LogP contribution in [-0.4, -0.2) is 105 Å². The Balaban J connectivity index is 0.713. The maximum atomic E-state index is 13.6. The summed E-state index contributed by atoms with van der Waals surface area (Å²) in [5, 5.41) is 15.2. The van der Waals surface area contributed by atoms with Gasteiger partial charge in [0, 0.05) is 36.2 Å². The van der Waals surface area contributed by atoms with E-state index in [0.29, 0.717) is 41.1 Å². The highest BCUT2D eigenvalue weighted by molar-refractivity contribution is 7.55. The maximum absolute atomic E-state index is 13.6. The van der Waals surface area contributed by atoms with E-state index in [-0.39, 0.29) is 63.1 Å². The largest absolute Gasteiger partial charge is 0.573 e. The van der Waals surface area contributed by atoms with Crippen LogP contribution < -0.4 is 31.4 Å². The number of aryl methyl sites for hydroxylation is 1. The quantitative estimate of drug-likeness (QED) is 0.0249. The van der Waals surface area contributed by atoms with Gasteiger partial charge in [-0.1, -0.05) is 115 Å². The number of amides is 2. The van der Waals surface area contributed by atoms with E-state index < -0.39 is 67.8 Å². The fourth-order valence-electron chi connectivity index (χ4n) is 11.8. The molecule has 12 rings (SSSR count). The topological polar surface area (TPSA) is 284 Å². The average molecular weight is 1250 g/mol. The summed E-state index contributed by atoms with van der Waals surface area (Å²) in [6.07, 6.45) is 0.0876. The second-order valence-corrected chi connectivity index (χ2v) is 23.6. The van der Waals surface area contributed by atoms with E-state index in [2.05, 4.69) is 54.8 Å². The first kappa shape index (κ1) is 61.8. The molecule has 466 valence electrons. The third-order valence-electron chi connectivity index (χ3n) is 16.4. The lowest BCUT2D eigenvalue weighted by atomic mass is 9.80. The van der Waals surface area contributed by atoms with Crippen LogP contribution >= 0.6 is 8.17 Å². The highest BCUT2D eigenvalue weighted by Gasteiger charge is 2.54. The number of nitrogens with zero attached hydrogens (tertiary/aromatic N) is 6. The molecule has 6 aromatic carbocycles. The van der Waals surface area contributed by atoms with Crippen molar-refractivity contribution >= 4 is 37.2 Å². The minimum absolute atomic E-state index is 0.0480. The number of fused-ring (bicyclic) bond motifs is 4. The third kappa shape index (κ3) is 13.3. The number of anilines is 1. The molecule has 0 spiro atoms. The molecule has 0 bridgehead atoms. The maximum Gasteiger partial charge on any atom is 0.573 e. The number of nitrogens with one attached hydrogen (secondary N) is 3. The molecule has 3 aliphatic rings. The van der Waals surface area contributed by atoms with Gasteiger partial charge in [0.1, 0.15) is 67.9 Å². The number of methoxy groups -OCH3 is 2. The lowest BCUT2D eigenvalue weighted by Crippen LogP contribution is -2.39. The van der Waals surface area contributed by atoms with Crippen LogP contribution in [0.15, 0.2) is 180 Å². The van der Waals surface area contributed by atoms with Crippen LogP contribution in [0.5, 0.6) is 11.5 Å². The molecule has 2 amide bonds. The molecule has 1 aliphatic carbocycles. The van der Waals surface area contributed by atoms with Crippen molar-refractivity contribution in [1.29, 1.82) is 5.26 Å². The number of hydrogen-bond donors (Lipinski definition) is 4. The number of ether oxygens (including phenoxy) is 6. The molecule has 9 aromatic rings. The van der Waals surface area contributed by atoms with Crippen LogP contribution in [0.2, 0.25) is 0 Å². The van der Waals surface area contributed by atoms with E-state index in [0.717, 1.165) is 44.5 Å². The Labute approximate surface area is 523 Å². The molecule has 2 unspecified atom stereocenters. The predicted molar refractivity (Wildman–Crippen MR) is 334 cm³/mol. The molecule has 3 aromatic heterocycles. The highest BCUT2D eigenvalue weighted by Crippen LogP contribution is 2.61. The molecule has 91 heavy (non-hydrogen) atoms. The second kappa shape index (κ2) is 27.3. The Morgan fingerprint density at radius 3 is 2.09 bits per heavy atom. The van der Waals surface area contributed by atoms with Crippen molar-refractivity contribution in [1.82, 2.24) is 34.4 Å². The number of carbonyl (C=O) groups is 2. The van der Waals surface area contributed by atoms with Crippen molar-refractivity contribution in [3.8, 4) is 28.7 Å². The van der Waals surface area contributed by atoms with Crippen molar-refractivity contribution in [2.24, 2.45) is 0 Å². The minimum atomic E-state index is -4.38. The van der Waals surface area contributed by atoms with E-state index in [1.807, 2.05) is 109 Å². The summed E-state index contributed by atoms with van der Waals surface area (Å²) in [4.78, 5) is 80.7. The second-order valence-electron chi connectivity index (χ2n) is 22.0. The lowest BCUT2D eigenvalue weighted by molar-refractivity contribution is -0.0974. The molecule has 5 heterocycles. The van der Waals surface area contributed by atoms with Crippen molar-refractivity contribution in [2.45, 2.75) is 81.4 Å². The Hall–Kier alpha value is -9.47. The van der Waals surface area contributed by atoms with Crippen LogP contribution in [0.3, 0.4) is 0 Å². The summed E-state index contributed by atoms with van der Waals surface area (Å²) in [7, 11) is -1.21. The number of rotatable bonds is 24. The number of aromatic amines is 1. The van der Waals surface area contributed by atoms with Crippen LogP contribution in [0, 0.1) is 18.3 Å². The number of hydrogen-bond acceptors (Lipinski definition) is 18. The van der Waals surface area contributed by atoms with E-state index in [4.69, 9.17) is 42.0 Å². The van der Waals surface area contributed by atoms with Gasteiger partial charge in [-0.3, -0.25) is 23.7 Å². The molecule has 4 N–H and O–H groups in total. The number of aromatic nitrogens is 6. The number of alkyl carbamates (subject to hydrolysis) is 1. The number of nitriles is 1. The normalized spacial score (nSPS) is 18.4. The van der Waals surface area contributed by atoms with Crippen molar-refractivity contribution in [3.05, 3.63) is 236 Å². The zero-order valence-corrected chi connectivity index (χ0v) is 50.8. The number of benzene rings is 6. The fraction of sp³-hybridized carbons (Fsp3) is 0.284. The molecule has 0 radical (unpaired) electrons. The van der Waals surface area contributed by atoms with E-state index in [1.165, 1.54) is 17.1 Å². The van der Waals surface area contributed by atoms with Crippen LogP contribution in [0.25, 0.3) is 22.3 Å². The van der Waals surface area contributed by atoms with Gasteiger partial charge < -0.3 is 39.1 Å². The molecular weight excluding hydrogens is 1190 g/mol. The molecule has 24 heteroatoms. The first-order valence-electron chi connectivity index (χ1n) is 29.6. The SMILES string of the molecule is COc1ccc(C(OC[C@H]2O[C@@H](n3cc(C)c(=O)[nH]c3=O)CC2O[P+](O)(OCCC#N)OC[C@@H]2CC[C@H](n3cnc4c(NC(=O)c5ccc(CNC(=O)OCC6c7ccccc7-c7ccccc76)cc5)ncnc43)O2)(c2ccccc2)c2ccc(OC)cc2)cc1. The molecule has 23 nitrogen and oxygen atoms in total. The molecular formula is C67H65N9O14P+. The highest BCUT2D eigenvalue weighted by atomic mass is 31.2. The Morgan fingerprint density at radius 2 is 1.42 bits per heavy atom. The zero-order valence-electron chi connectivity index (χ0n) is 49.9. The molecule has 2 saturated heterocycles. The summed E-state index contributed by atoms with van der Waals surface area (Å²) in [6, 6.07) is 49.7. The number of H-pyrrole nitrogens is 1. The molecule has 0 saturated carbocycles.